The van der Waals surface area contributed by atoms with E-state index < -0.39 is 5.82 Å². The average Bonchev–Trinajstić information content (AvgIpc) is 3.66. The van der Waals surface area contributed by atoms with Gasteiger partial charge in [-0.25, -0.2) is 9.37 Å². The summed E-state index contributed by atoms with van der Waals surface area (Å²) < 4.78 is 22.4. The summed E-state index contributed by atoms with van der Waals surface area (Å²) in [6.07, 6.45) is 14.4. The molecule has 8 rings (SSSR count). The number of anilines is 2. The molecule has 1 saturated carbocycles. The molecular formula is C49H58ClFN8O4. The molecule has 0 bridgehead atoms. The summed E-state index contributed by atoms with van der Waals surface area (Å²) >= 11 is 6.11. The summed E-state index contributed by atoms with van der Waals surface area (Å²) in [6.45, 7) is 7.94. The minimum atomic E-state index is -0.416. The number of ether oxygens (including phenoxy) is 1. The van der Waals surface area contributed by atoms with E-state index in [9.17, 15) is 18.8 Å². The Kier molecular flexibility index (Phi) is 14.9. The van der Waals surface area contributed by atoms with E-state index in [2.05, 4.69) is 66.5 Å². The van der Waals surface area contributed by atoms with Gasteiger partial charge in [-0.1, -0.05) is 73.3 Å². The number of imide groups is 1. The van der Waals surface area contributed by atoms with Crippen molar-refractivity contribution in [2.75, 3.05) is 58.3 Å². The summed E-state index contributed by atoms with van der Waals surface area (Å²) in [5, 5.41) is 6.88. The molecule has 2 saturated heterocycles. The molecular weight excluding hydrogens is 819 g/mol. The molecule has 14 heteroatoms. The summed E-state index contributed by atoms with van der Waals surface area (Å²) in [5.41, 5.74) is 7.59. The molecule has 1 aliphatic carbocycles. The Hall–Kier alpha value is -5.05. The standard InChI is InChI=1S/C49H58ClFN8O4/c1-56(45-16-17-46(61)54-48(45)62)31-38-25-34(10-15-37(38)33-60)7-5-23-63-24-6-18-57-19-21-58(22-20-57)30-35-11-13-36(14-12-35)44-32-59(42-8-3-2-4-9-42)47-43(44)29-52-49(55-47)53-41-27-39(50)26-40(51)28-41/h10-15,25-29,32-33,42,45H,2-9,16-24,30-31H2,1H3,(H,52,53,55)(H,54,61,62). The maximum atomic E-state index is 14.1. The minimum absolute atomic E-state index is 0.234. The molecule has 3 aliphatic rings. The number of benzene rings is 3. The first-order valence-electron chi connectivity index (χ1n) is 22.5. The number of aldehydes is 1. The van der Waals surface area contributed by atoms with Gasteiger partial charge in [0.05, 0.1) is 6.04 Å². The number of nitrogens with zero attached hydrogens (tertiary/aromatic N) is 6. The Morgan fingerprint density at radius 1 is 0.937 bits per heavy atom. The Morgan fingerprint density at radius 3 is 2.46 bits per heavy atom. The number of piperidine rings is 1. The number of nitrogens with one attached hydrogen (secondary N) is 2. The SMILES string of the molecule is CN(Cc1cc(CCCOCCCN2CCN(Cc3ccc(-c4cn(C5CCCCC5)c5nc(Nc6cc(F)cc(Cl)c6)ncc45)cc3)CC2)ccc1C=O)C1CCC(=O)NC1=O. The smallest absolute Gasteiger partial charge is 0.243 e. The number of aromatic nitrogens is 3. The topological polar surface area (TPSA) is 125 Å². The second kappa shape index (κ2) is 21.1. The number of halogens is 2. The van der Waals surface area contributed by atoms with Gasteiger partial charge in [-0.2, -0.15) is 4.98 Å². The Bertz CT molecular complexity index is 2360. The van der Waals surface area contributed by atoms with Gasteiger partial charge in [-0.15, -0.1) is 0 Å². The summed E-state index contributed by atoms with van der Waals surface area (Å²) in [4.78, 5) is 52.3. The number of hydrogen-bond acceptors (Lipinski definition) is 10. The molecule has 2 aliphatic heterocycles. The van der Waals surface area contributed by atoms with E-state index >= 15 is 0 Å². The van der Waals surface area contributed by atoms with Crippen LogP contribution in [0.1, 0.15) is 90.9 Å². The lowest BCUT2D eigenvalue weighted by Crippen LogP contribution is -2.51. The lowest BCUT2D eigenvalue weighted by molar-refractivity contribution is -0.137. The third kappa shape index (κ3) is 11.6. The van der Waals surface area contributed by atoms with Crippen molar-refractivity contribution in [3.63, 3.8) is 0 Å². The van der Waals surface area contributed by atoms with Crippen molar-refractivity contribution in [1.29, 1.82) is 0 Å². The zero-order chi connectivity index (χ0) is 43.7. The third-order valence-corrected chi connectivity index (χ3v) is 13.0. The first-order valence-corrected chi connectivity index (χ1v) is 22.9. The summed E-state index contributed by atoms with van der Waals surface area (Å²) in [5.74, 6) is -0.517. The van der Waals surface area contributed by atoms with Crippen LogP contribution < -0.4 is 10.6 Å². The number of likely N-dealkylation sites (N-methyl/N-ethyl adjacent to an activating group) is 1. The highest BCUT2D eigenvalue weighted by molar-refractivity contribution is 6.30. The number of rotatable bonds is 18. The van der Waals surface area contributed by atoms with Crippen LogP contribution in [0.25, 0.3) is 22.2 Å². The predicted octanol–water partition coefficient (Wildman–Crippen LogP) is 8.35. The maximum Gasteiger partial charge on any atom is 0.243 e. The van der Waals surface area contributed by atoms with Gasteiger partial charge in [0.15, 0.2) is 0 Å². The van der Waals surface area contributed by atoms with Gasteiger partial charge in [0.1, 0.15) is 17.8 Å². The van der Waals surface area contributed by atoms with Crippen LogP contribution in [0.3, 0.4) is 0 Å². The molecule has 3 fully saturated rings. The summed E-state index contributed by atoms with van der Waals surface area (Å²) in [7, 11) is 1.86. The van der Waals surface area contributed by atoms with Crippen LogP contribution in [0.2, 0.25) is 5.02 Å². The number of aryl methyl sites for hydroxylation is 1. The van der Waals surface area contributed by atoms with E-state index in [-0.39, 0.29) is 17.9 Å². The molecule has 3 aromatic carbocycles. The molecule has 0 spiro atoms. The molecule has 2 aromatic heterocycles. The van der Waals surface area contributed by atoms with Crippen LogP contribution in [0.15, 0.2) is 73.1 Å². The van der Waals surface area contributed by atoms with Gasteiger partial charge in [0, 0.05) is 111 Å². The monoisotopic (exact) mass is 876 g/mol. The van der Waals surface area contributed by atoms with Crippen molar-refractivity contribution >= 4 is 52.4 Å². The molecule has 2 N–H and O–H groups in total. The van der Waals surface area contributed by atoms with Crippen LogP contribution in [-0.2, 0) is 33.8 Å². The highest BCUT2D eigenvalue weighted by Crippen LogP contribution is 2.37. The predicted molar refractivity (Wildman–Crippen MR) is 245 cm³/mol. The number of piperazine rings is 1. The highest BCUT2D eigenvalue weighted by atomic mass is 35.5. The molecule has 1 unspecified atom stereocenters. The molecule has 4 heterocycles. The molecule has 5 aromatic rings. The number of fused-ring (bicyclic) bond motifs is 1. The van der Waals surface area contributed by atoms with E-state index in [1.54, 1.807) is 6.07 Å². The van der Waals surface area contributed by atoms with Crippen LogP contribution in [-0.4, -0.2) is 106 Å². The van der Waals surface area contributed by atoms with Crippen LogP contribution in [0.4, 0.5) is 16.0 Å². The molecule has 1 atom stereocenters. The van der Waals surface area contributed by atoms with E-state index in [1.807, 2.05) is 30.3 Å². The van der Waals surface area contributed by atoms with Gasteiger partial charge in [-0.3, -0.25) is 29.5 Å². The number of hydrogen-bond donors (Lipinski definition) is 2. The van der Waals surface area contributed by atoms with Gasteiger partial charge < -0.3 is 19.5 Å². The van der Waals surface area contributed by atoms with Crippen LogP contribution >= 0.6 is 11.6 Å². The van der Waals surface area contributed by atoms with Crippen LogP contribution in [0, 0.1) is 5.82 Å². The second-order valence-corrected chi connectivity index (χ2v) is 17.8. The lowest BCUT2D eigenvalue weighted by Gasteiger charge is -2.34. The first-order chi connectivity index (χ1) is 30.7. The van der Waals surface area contributed by atoms with Gasteiger partial charge in [-0.05, 0) is 86.0 Å². The quantitative estimate of drug-likeness (QED) is 0.0505. The van der Waals surface area contributed by atoms with Crippen molar-refractivity contribution in [1.82, 2.24) is 34.6 Å². The Labute approximate surface area is 374 Å². The highest BCUT2D eigenvalue weighted by Gasteiger charge is 2.30. The minimum Gasteiger partial charge on any atom is -0.381 e. The van der Waals surface area contributed by atoms with Crippen molar-refractivity contribution in [3.05, 3.63) is 106 Å². The average molecular weight is 878 g/mol. The zero-order valence-electron chi connectivity index (χ0n) is 36.2. The molecule has 332 valence electrons. The van der Waals surface area contributed by atoms with Crippen molar-refractivity contribution in [2.24, 2.45) is 0 Å². The van der Waals surface area contributed by atoms with Gasteiger partial charge in [0.2, 0.25) is 17.8 Å². The maximum absolute atomic E-state index is 14.1. The zero-order valence-corrected chi connectivity index (χ0v) is 36.9. The summed E-state index contributed by atoms with van der Waals surface area (Å²) in [6, 6.07) is 19.2. The number of carbonyl (C=O) groups excluding carboxylic acids is 3. The van der Waals surface area contributed by atoms with E-state index in [0.717, 1.165) is 118 Å². The molecule has 0 radical (unpaired) electrons. The second-order valence-electron chi connectivity index (χ2n) is 17.4. The van der Waals surface area contributed by atoms with Gasteiger partial charge in [0.25, 0.3) is 0 Å². The largest absolute Gasteiger partial charge is 0.381 e. The fourth-order valence-corrected chi connectivity index (χ4v) is 9.57. The van der Waals surface area contributed by atoms with Crippen molar-refractivity contribution in [3.8, 4) is 11.1 Å². The fraction of sp³-hybridized carbons (Fsp3) is 0.449. The van der Waals surface area contributed by atoms with E-state index in [0.29, 0.717) is 54.3 Å². The van der Waals surface area contributed by atoms with Crippen molar-refractivity contribution < 1.29 is 23.5 Å². The Morgan fingerprint density at radius 2 is 1.70 bits per heavy atom. The van der Waals surface area contributed by atoms with Crippen molar-refractivity contribution in [2.45, 2.75) is 89.4 Å². The van der Waals surface area contributed by atoms with E-state index in [4.69, 9.17) is 21.3 Å². The Balaban J connectivity index is 0.770. The molecule has 12 nitrogen and oxygen atoms in total. The fourth-order valence-electron chi connectivity index (χ4n) is 9.35. The normalized spacial score (nSPS) is 18.0. The van der Waals surface area contributed by atoms with Crippen LogP contribution in [0.5, 0.6) is 0 Å². The molecule has 63 heavy (non-hydrogen) atoms. The first kappa shape index (κ1) is 44.6. The van der Waals surface area contributed by atoms with Gasteiger partial charge >= 0.3 is 0 Å². The lowest BCUT2D eigenvalue weighted by atomic mass is 9.95. The number of amides is 2. The number of carbonyl (C=O) groups is 3. The molecule has 2 amide bonds. The third-order valence-electron chi connectivity index (χ3n) is 12.8. The van der Waals surface area contributed by atoms with E-state index in [1.165, 1.54) is 37.0 Å².